The van der Waals surface area contributed by atoms with Gasteiger partial charge in [-0.1, -0.05) is 38.8 Å². The Labute approximate surface area is 261 Å². The Morgan fingerprint density at radius 2 is 1.77 bits per heavy atom. The molecule has 4 aromatic rings. The number of aryl methyl sites for hydroxylation is 3. The smallest absolute Gasteiger partial charge is 0.293 e. The number of aldehydes is 1. The molecule has 0 aliphatic heterocycles. The van der Waals surface area contributed by atoms with Crippen molar-refractivity contribution in [2.75, 3.05) is 20.7 Å². The third-order valence-corrected chi connectivity index (χ3v) is 8.18. The summed E-state index contributed by atoms with van der Waals surface area (Å²) >= 11 is 0. The summed E-state index contributed by atoms with van der Waals surface area (Å²) in [6.45, 7) is 8.79. The summed E-state index contributed by atoms with van der Waals surface area (Å²) in [4.78, 5) is 23.8. The van der Waals surface area contributed by atoms with Crippen LogP contribution in [0.3, 0.4) is 0 Å². The van der Waals surface area contributed by atoms with E-state index in [0.717, 1.165) is 96.2 Å². The Hall–Kier alpha value is -3.91. The first-order valence-electron chi connectivity index (χ1n) is 15.7. The van der Waals surface area contributed by atoms with Crippen molar-refractivity contribution >= 4 is 23.7 Å². The fraction of sp³-hybridized carbons (Fsp3) is 0.472. The third kappa shape index (κ3) is 7.97. The molecule has 2 aromatic carbocycles. The van der Waals surface area contributed by atoms with E-state index in [9.17, 15) is 14.7 Å². The van der Waals surface area contributed by atoms with E-state index in [4.69, 9.17) is 9.84 Å². The Kier molecular flexibility index (Phi) is 11.0. The summed E-state index contributed by atoms with van der Waals surface area (Å²) in [7, 11) is 6.09. The maximum Gasteiger partial charge on any atom is 0.293 e. The van der Waals surface area contributed by atoms with Gasteiger partial charge in [-0.05, 0) is 99.3 Å². The summed E-state index contributed by atoms with van der Waals surface area (Å²) in [5, 5.41) is 16.6. The van der Waals surface area contributed by atoms with Gasteiger partial charge >= 0.3 is 0 Å². The molecule has 0 aliphatic rings. The van der Waals surface area contributed by atoms with Crippen LogP contribution in [0, 0.1) is 5.41 Å². The Morgan fingerprint density at radius 3 is 2.48 bits per heavy atom. The molecule has 8 heteroatoms. The van der Waals surface area contributed by atoms with E-state index < -0.39 is 0 Å². The number of hydrogen-bond donors (Lipinski definition) is 1. The number of phenols is 1. The summed E-state index contributed by atoms with van der Waals surface area (Å²) in [6.07, 6.45) is 7.26. The van der Waals surface area contributed by atoms with Gasteiger partial charge in [-0.3, -0.25) is 9.48 Å². The topological polar surface area (TPSA) is 89.6 Å². The lowest BCUT2D eigenvalue weighted by Gasteiger charge is -2.24. The predicted molar refractivity (Wildman–Crippen MR) is 177 cm³/mol. The van der Waals surface area contributed by atoms with Crippen molar-refractivity contribution in [2.45, 2.75) is 78.8 Å². The SMILES string of the molecule is CCn1c(-c2cc(CN(C)C)nn2C)c(CC(C)(C)COC=O)c2cc(-c3cc(O)cc(CCCCCCC=O)c3)ccc21. The number of phenolic OH excluding ortho intramolecular Hbond substituents is 1. The number of unbranched alkanes of at least 4 members (excludes halogenated alkanes) is 4. The molecule has 44 heavy (non-hydrogen) atoms. The number of hydrogen-bond acceptors (Lipinski definition) is 6. The summed E-state index contributed by atoms with van der Waals surface area (Å²) in [6, 6.07) is 14.6. The summed E-state index contributed by atoms with van der Waals surface area (Å²) in [5.41, 5.74) is 8.36. The zero-order chi connectivity index (χ0) is 31.9. The van der Waals surface area contributed by atoms with Crippen LogP contribution in [0.4, 0.5) is 0 Å². The van der Waals surface area contributed by atoms with E-state index in [1.807, 2.05) is 38.0 Å². The van der Waals surface area contributed by atoms with E-state index in [2.05, 4.69) is 60.6 Å². The highest BCUT2D eigenvalue weighted by molar-refractivity contribution is 5.94. The van der Waals surface area contributed by atoms with E-state index in [1.54, 1.807) is 0 Å². The number of aromatic hydroxyl groups is 1. The average molecular weight is 601 g/mol. The molecule has 0 amide bonds. The molecule has 4 rings (SSSR count). The molecule has 2 aromatic heterocycles. The van der Waals surface area contributed by atoms with Crippen LogP contribution < -0.4 is 0 Å². The highest BCUT2D eigenvalue weighted by Gasteiger charge is 2.28. The number of carbonyl (C=O) groups excluding carboxylic acids is 2. The van der Waals surface area contributed by atoms with Gasteiger partial charge in [0.05, 0.1) is 23.7 Å². The highest BCUT2D eigenvalue weighted by atomic mass is 16.5. The van der Waals surface area contributed by atoms with Gasteiger partial charge in [0.1, 0.15) is 12.0 Å². The van der Waals surface area contributed by atoms with Gasteiger partial charge in [-0.25, -0.2) is 0 Å². The first-order valence-corrected chi connectivity index (χ1v) is 15.7. The molecule has 0 fully saturated rings. The monoisotopic (exact) mass is 600 g/mol. The summed E-state index contributed by atoms with van der Waals surface area (Å²) < 4.78 is 9.59. The molecular formula is C36H48N4O4. The minimum absolute atomic E-state index is 0.265. The normalized spacial score (nSPS) is 11.9. The van der Waals surface area contributed by atoms with Crippen LogP contribution >= 0.6 is 0 Å². The predicted octanol–water partition coefficient (Wildman–Crippen LogP) is 6.93. The maximum atomic E-state index is 11.1. The molecule has 0 atom stereocenters. The fourth-order valence-electron chi connectivity index (χ4n) is 6.24. The molecule has 8 nitrogen and oxygen atoms in total. The Morgan fingerprint density at radius 1 is 1.00 bits per heavy atom. The third-order valence-electron chi connectivity index (χ3n) is 8.18. The zero-order valence-corrected chi connectivity index (χ0v) is 27.2. The zero-order valence-electron chi connectivity index (χ0n) is 27.2. The lowest BCUT2D eigenvalue weighted by molar-refractivity contribution is -0.131. The van der Waals surface area contributed by atoms with Gasteiger partial charge in [-0.2, -0.15) is 5.10 Å². The summed E-state index contributed by atoms with van der Waals surface area (Å²) in [5.74, 6) is 0.265. The standard InChI is InChI=1S/C36H48N4O4/c1-7-40-33-15-14-27(28-17-26(18-30(43)19-28)13-11-9-8-10-12-16-41)20-31(33)32(22-36(2,3)24-44-25-42)35(40)34-21-29(23-38(4)5)37-39(34)6/h14-21,25,43H,7-13,22-24H2,1-6H3. The van der Waals surface area contributed by atoms with Crippen LogP contribution in [-0.4, -0.2) is 57.8 Å². The molecule has 0 spiro atoms. The molecule has 0 radical (unpaired) electrons. The van der Waals surface area contributed by atoms with Crippen LogP contribution in [0.2, 0.25) is 0 Å². The highest BCUT2D eigenvalue weighted by Crippen LogP contribution is 2.40. The van der Waals surface area contributed by atoms with Crippen LogP contribution in [0.15, 0.2) is 42.5 Å². The van der Waals surface area contributed by atoms with Crippen molar-refractivity contribution < 1.29 is 19.4 Å². The van der Waals surface area contributed by atoms with Gasteiger partial charge in [-0.15, -0.1) is 0 Å². The van der Waals surface area contributed by atoms with Crippen molar-refractivity contribution in [1.29, 1.82) is 0 Å². The van der Waals surface area contributed by atoms with Gasteiger partial charge < -0.3 is 24.1 Å². The van der Waals surface area contributed by atoms with E-state index >= 15 is 0 Å². The number of aromatic nitrogens is 3. The van der Waals surface area contributed by atoms with Crippen molar-refractivity contribution in [3.8, 4) is 28.3 Å². The number of ether oxygens (including phenoxy) is 1. The van der Waals surface area contributed by atoms with Gasteiger partial charge in [0.25, 0.3) is 6.47 Å². The Bertz CT molecular complexity index is 1580. The first-order chi connectivity index (χ1) is 21.1. The first kappa shape index (κ1) is 33.0. The molecule has 236 valence electrons. The average Bonchev–Trinajstić information content (AvgIpc) is 3.48. The molecule has 0 saturated heterocycles. The number of benzene rings is 2. The molecule has 0 bridgehead atoms. The Balaban J connectivity index is 1.81. The van der Waals surface area contributed by atoms with Gasteiger partial charge in [0, 0.05) is 42.9 Å². The molecule has 0 unspecified atom stereocenters. The number of carbonyl (C=O) groups is 2. The van der Waals surface area contributed by atoms with Crippen LogP contribution in [-0.2, 0) is 47.3 Å². The lowest BCUT2D eigenvalue weighted by atomic mass is 9.84. The van der Waals surface area contributed by atoms with Gasteiger partial charge in [0.15, 0.2) is 0 Å². The fourth-order valence-corrected chi connectivity index (χ4v) is 6.24. The minimum atomic E-state index is -0.298. The molecule has 0 saturated carbocycles. The second-order valence-electron chi connectivity index (χ2n) is 12.9. The van der Waals surface area contributed by atoms with E-state index in [-0.39, 0.29) is 11.2 Å². The molecule has 0 aliphatic carbocycles. The maximum absolute atomic E-state index is 11.1. The second-order valence-corrected chi connectivity index (χ2v) is 12.9. The van der Waals surface area contributed by atoms with Crippen molar-refractivity contribution in [2.24, 2.45) is 12.5 Å². The number of rotatable bonds is 17. The van der Waals surface area contributed by atoms with E-state index in [0.29, 0.717) is 25.9 Å². The quantitative estimate of drug-likeness (QED) is 0.104. The van der Waals surface area contributed by atoms with E-state index in [1.165, 1.54) is 5.56 Å². The van der Waals surface area contributed by atoms with Crippen LogP contribution in [0.5, 0.6) is 5.75 Å². The van der Waals surface area contributed by atoms with Gasteiger partial charge in [0.2, 0.25) is 0 Å². The lowest BCUT2D eigenvalue weighted by Crippen LogP contribution is -2.22. The largest absolute Gasteiger partial charge is 0.508 e. The van der Waals surface area contributed by atoms with Crippen molar-refractivity contribution in [3.05, 3.63) is 59.3 Å². The molecular weight excluding hydrogens is 552 g/mol. The van der Waals surface area contributed by atoms with Crippen molar-refractivity contribution in [3.63, 3.8) is 0 Å². The molecule has 2 heterocycles. The van der Waals surface area contributed by atoms with Crippen LogP contribution in [0.25, 0.3) is 33.4 Å². The van der Waals surface area contributed by atoms with Crippen molar-refractivity contribution in [1.82, 2.24) is 19.2 Å². The minimum Gasteiger partial charge on any atom is -0.508 e. The molecule has 1 N–H and O–H groups in total. The van der Waals surface area contributed by atoms with Crippen LogP contribution in [0.1, 0.15) is 69.7 Å². The number of nitrogens with zero attached hydrogens (tertiary/aromatic N) is 4. The number of fused-ring (bicyclic) bond motifs is 1. The second kappa shape index (κ2) is 14.7.